The maximum Gasteiger partial charge on any atom is 0.311 e. The van der Waals surface area contributed by atoms with E-state index in [1.807, 2.05) is 0 Å². The van der Waals surface area contributed by atoms with Gasteiger partial charge in [0.05, 0.1) is 17.9 Å². The Hall–Kier alpha value is -1.06. The predicted molar refractivity (Wildman–Crippen MR) is 52.2 cm³/mol. The summed E-state index contributed by atoms with van der Waals surface area (Å²) in [6.07, 6.45) is 4.09. The minimum Gasteiger partial charge on any atom is -0.481 e. The second-order valence-corrected chi connectivity index (χ2v) is 4.89. The van der Waals surface area contributed by atoms with Gasteiger partial charge in [-0.15, -0.1) is 0 Å². The summed E-state index contributed by atoms with van der Waals surface area (Å²) in [6.45, 7) is 0. The molecular formula is C11H16O4. The predicted octanol–water partition coefficient (Wildman–Crippen LogP) is 1.58. The van der Waals surface area contributed by atoms with Crippen molar-refractivity contribution in [3.8, 4) is 0 Å². The van der Waals surface area contributed by atoms with Gasteiger partial charge in [0.2, 0.25) is 0 Å². The van der Waals surface area contributed by atoms with Crippen molar-refractivity contribution in [1.82, 2.24) is 0 Å². The normalized spacial score (nSPS) is 38.7. The van der Waals surface area contributed by atoms with E-state index in [2.05, 4.69) is 0 Å². The van der Waals surface area contributed by atoms with Crippen LogP contribution in [0.5, 0.6) is 0 Å². The van der Waals surface area contributed by atoms with Crippen molar-refractivity contribution in [3.63, 3.8) is 0 Å². The molecule has 0 spiro atoms. The average Bonchev–Trinajstić information content (AvgIpc) is 2.52. The molecule has 15 heavy (non-hydrogen) atoms. The molecule has 2 aliphatic carbocycles. The molecule has 0 heterocycles. The molecule has 2 atom stereocenters. The number of esters is 1. The molecule has 4 nitrogen and oxygen atoms in total. The quantitative estimate of drug-likeness (QED) is 0.706. The molecule has 2 rings (SSSR count). The molecule has 2 aliphatic rings. The lowest BCUT2D eigenvalue weighted by Crippen LogP contribution is -2.38. The van der Waals surface area contributed by atoms with E-state index < -0.39 is 16.8 Å². The summed E-state index contributed by atoms with van der Waals surface area (Å²) < 4.78 is 4.80. The van der Waals surface area contributed by atoms with Crippen LogP contribution in [0, 0.1) is 10.8 Å². The Kier molecular flexibility index (Phi) is 2.24. The third-order valence-electron chi connectivity index (χ3n) is 4.14. The van der Waals surface area contributed by atoms with Gasteiger partial charge < -0.3 is 9.84 Å². The Morgan fingerprint density at radius 1 is 1.13 bits per heavy atom. The first kappa shape index (κ1) is 10.5. The highest BCUT2D eigenvalue weighted by Crippen LogP contribution is 2.59. The summed E-state index contributed by atoms with van der Waals surface area (Å²) in [6, 6.07) is 0. The van der Waals surface area contributed by atoms with Gasteiger partial charge in [-0.3, -0.25) is 9.59 Å². The zero-order valence-corrected chi connectivity index (χ0v) is 8.91. The first-order chi connectivity index (χ1) is 7.05. The van der Waals surface area contributed by atoms with Crippen LogP contribution in [-0.2, 0) is 14.3 Å². The lowest BCUT2D eigenvalue weighted by atomic mass is 9.69. The SMILES string of the molecule is COC(=O)[C@]12CCC[C@](C(=O)O)(CC1)C2. The molecule has 2 saturated carbocycles. The number of carbonyl (C=O) groups excluding carboxylic acids is 1. The number of carboxylic acids is 1. The van der Waals surface area contributed by atoms with Gasteiger partial charge in [-0.05, 0) is 32.1 Å². The molecule has 2 bridgehead atoms. The zero-order chi connectivity index (χ0) is 11.1. The molecule has 0 saturated heterocycles. The van der Waals surface area contributed by atoms with Crippen molar-refractivity contribution in [1.29, 1.82) is 0 Å². The van der Waals surface area contributed by atoms with Gasteiger partial charge in [0, 0.05) is 0 Å². The maximum atomic E-state index is 11.7. The fraction of sp³-hybridized carbons (Fsp3) is 0.818. The average molecular weight is 212 g/mol. The Bertz CT molecular complexity index is 312. The van der Waals surface area contributed by atoms with Crippen molar-refractivity contribution in [2.75, 3.05) is 7.11 Å². The first-order valence-electron chi connectivity index (χ1n) is 5.37. The highest BCUT2D eigenvalue weighted by Gasteiger charge is 2.58. The lowest BCUT2D eigenvalue weighted by molar-refractivity contribution is -0.158. The van der Waals surface area contributed by atoms with Gasteiger partial charge in [-0.25, -0.2) is 0 Å². The number of ether oxygens (including phenoxy) is 1. The van der Waals surface area contributed by atoms with Crippen LogP contribution in [0.2, 0.25) is 0 Å². The molecule has 1 N–H and O–H groups in total. The van der Waals surface area contributed by atoms with Crippen LogP contribution in [0.15, 0.2) is 0 Å². The summed E-state index contributed by atoms with van der Waals surface area (Å²) in [5.41, 5.74) is -1.14. The number of rotatable bonds is 2. The molecule has 0 aliphatic heterocycles. The smallest absolute Gasteiger partial charge is 0.311 e. The molecule has 0 aromatic carbocycles. The number of fused-ring (bicyclic) bond motifs is 2. The van der Waals surface area contributed by atoms with Crippen molar-refractivity contribution in [2.45, 2.75) is 38.5 Å². The van der Waals surface area contributed by atoms with Gasteiger partial charge in [0.15, 0.2) is 0 Å². The van der Waals surface area contributed by atoms with Crippen LogP contribution in [0.25, 0.3) is 0 Å². The van der Waals surface area contributed by atoms with Crippen LogP contribution in [0.4, 0.5) is 0 Å². The first-order valence-corrected chi connectivity index (χ1v) is 5.37. The monoisotopic (exact) mass is 212 g/mol. The minimum absolute atomic E-state index is 0.217. The molecule has 0 amide bonds. The molecule has 0 aromatic heterocycles. The van der Waals surface area contributed by atoms with Crippen molar-refractivity contribution < 1.29 is 19.4 Å². The third-order valence-corrected chi connectivity index (χ3v) is 4.14. The molecule has 84 valence electrons. The molecule has 4 heteroatoms. The van der Waals surface area contributed by atoms with Crippen LogP contribution < -0.4 is 0 Å². The molecular weight excluding hydrogens is 196 g/mol. The Labute approximate surface area is 88.6 Å². The van der Waals surface area contributed by atoms with Gasteiger partial charge in [0.25, 0.3) is 0 Å². The second kappa shape index (κ2) is 3.22. The molecule has 0 radical (unpaired) electrons. The fourth-order valence-electron chi connectivity index (χ4n) is 3.28. The highest BCUT2D eigenvalue weighted by molar-refractivity contribution is 5.82. The topological polar surface area (TPSA) is 63.6 Å². The summed E-state index contributed by atoms with van der Waals surface area (Å²) in [4.78, 5) is 22.9. The van der Waals surface area contributed by atoms with E-state index in [0.717, 1.165) is 12.8 Å². The number of hydrogen-bond acceptors (Lipinski definition) is 3. The van der Waals surface area contributed by atoms with E-state index in [1.165, 1.54) is 7.11 Å². The highest BCUT2D eigenvalue weighted by atomic mass is 16.5. The number of carboxylic acid groups (broad SMARTS) is 1. The van der Waals surface area contributed by atoms with E-state index in [9.17, 15) is 14.7 Å². The summed E-state index contributed by atoms with van der Waals surface area (Å²) >= 11 is 0. The van der Waals surface area contributed by atoms with Crippen molar-refractivity contribution >= 4 is 11.9 Å². The van der Waals surface area contributed by atoms with Crippen LogP contribution in [-0.4, -0.2) is 24.2 Å². The van der Waals surface area contributed by atoms with E-state index in [4.69, 9.17) is 4.74 Å². The number of carbonyl (C=O) groups is 2. The van der Waals surface area contributed by atoms with Crippen molar-refractivity contribution in [3.05, 3.63) is 0 Å². The zero-order valence-electron chi connectivity index (χ0n) is 8.91. The van der Waals surface area contributed by atoms with E-state index in [0.29, 0.717) is 25.7 Å². The lowest BCUT2D eigenvalue weighted by Gasteiger charge is -2.34. The van der Waals surface area contributed by atoms with Crippen LogP contribution in [0.3, 0.4) is 0 Å². The maximum absolute atomic E-state index is 11.7. The number of methoxy groups -OCH3 is 1. The van der Waals surface area contributed by atoms with E-state index in [1.54, 1.807) is 0 Å². The van der Waals surface area contributed by atoms with Gasteiger partial charge in [-0.1, -0.05) is 6.42 Å². The molecule has 0 aromatic rings. The third kappa shape index (κ3) is 1.34. The molecule has 0 unspecified atom stereocenters. The van der Waals surface area contributed by atoms with Crippen molar-refractivity contribution in [2.24, 2.45) is 10.8 Å². The summed E-state index contributed by atoms with van der Waals surface area (Å²) in [5.74, 6) is -0.960. The minimum atomic E-state index is -0.743. The Balaban J connectivity index is 2.27. The standard InChI is InChI=1S/C11H16O4/c1-15-9(14)11-4-2-3-10(7-11,5-6-11)8(12)13/h2-7H2,1H3,(H,12,13)/t10-,11+/m0/s1. The Morgan fingerprint density at radius 3 is 2.33 bits per heavy atom. The number of aliphatic carboxylic acids is 1. The van der Waals surface area contributed by atoms with E-state index in [-0.39, 0.29) is 5.97 Å². The fourth-order valence-corrected chi connectivity index (χ4v) is 3.28. The largest absolute Gasteiger partial charge is 0.481 e. The van der Waals surface area contributed by atoms with Gasteiger partial charge in [-0.2, -0.15) is 0 Å². The van der Waals surface area contributed by atoms with E-state index >= 15 is 0 Å². The van der Waals surface area contributed by atoms with Crippen LogP contribution in [0.1, 0.15) is 38.5 Å². The molecule has 2 fully saturated rings. The summed E-state index contributed by atoms with van der Waals surface area (Å²) in [7, 11) is 1.38. The van der Waals surface area contributed by atoms with Crippen LogP contribution >= 0.6 is 0 Å². The Morgan fingerprint density at radius 2 is 1.73 bits per heavy atom. The summed E-state index contributed by atoms with van der Waals surface area (Å²) in [5, 5.41) is 9.23. The number of hydrogen-bond donors (Lipinski definition) is 1. The van der Waals surface area contributed by atoms with Gasteiger partial charge >= 0.3 is 11.9 Å². The van der Waals surface area contributed by atoms with Gasteiger partial charge in [0.1, 0.15) is 0 Å². The second-order valence-electron chi connectivity index (χ2n) is 4.89.